The summed E-state index contributed by atoms with van der Waals surface area (Å²) in [5, 5.41) is 10.1. The van der Waals surface area contributed by atoms with Crippen LogP contribution in [0.3, 0.4) is 0 Å². The Bertz CT molecular complexity index is 789. The van der Waals surface area contributed by atoms with Crippen LogP contribution in [0.15, 0.2) is 37.0 Å². The summed E-state index contributed by atoms with van der Waals surface area (Å²) in [6.45, 7) is 16.6. The molecule has 2 bridgehead atoms. The second kappa shape index (κ2) is 7.59. The van der Waals surface area contributed by atoms with Crippen molar-refractivity contribution >= 4 is 24.2 Å². The van der Waals surface area contributed by atoms with Gasteiger partial charge in [0.15, 0.2) is 11.7 Å². The number of rotatable bonds is 6. The first kappa shape index (κ1) is 22.5. The zero-order valence-corrected chi connectivity index (χ0v) is 17.0. The largest absolute Gasteiger partial charge is 0.459 e. The van der Waals surface area contributed by atoms with E-state index in [1.54, 1.807) is 6.92 Å². The normalized spacial score (nSPS) is 33.9. The Hall–Kier alpha value is -2.74. The Balaban J connectivity index is 2.72. The average Bonchev–Trinajstić information content (AvgIpc) is 2.61. The number of esters is 3. The Morgan fingerprint density at radius 1 is 1.28 bits per heavy atom. The second-order valence-corrected chi connectivity index (χ2v) is 8.12. The Morgan fingerprint density at radius 3 is 2.31 bits per heavy atom. The molecule has 0 radical (unpaired) electrons. The number of aldehydes is 1. The van der Waals surface area contributed by atoms with Crippen molar-refractivity contribution in [3.63, 3.8) is 0 Å². The molecule has 29 heavy (non-hydrogen) atoms. The zero-order valence-electron chi connectivity index (χ0n) is 17.0. The number of fused-ring (bicyclic) bond motifs is 2. The van der Waals surface area contributed by atoms with E-state index in [9.17, 15) is 24.3 Å². The third-order valence-electron chi connectivity index (χ3n) is 5.55. The monoisotopic (exact) mass is 406 g/mol. The van der Waals surface area contributed by atoms with E-state index in [0.29, 0.717) is 6.29 Å². The van der Waals surface area contributed by atoms with Crippen molar-refractivity contribution < 1.29 is 38.5 Å². The van der Waals surface area contributed by atoms with Crippen LogP contribution in [0.25, 0.3) is 0 Å². The van der Waals surface area contributed by atoms with E-state index in [4.69, 9.17) is 14.2 Å². The summed E-state index contributed by atoms with van der Waals surface area (Å²) in [5.41, 5.74) is -3.02. The van der Waals surface area contributed by atoms with Gasteiger partial charge in [0, 0.05) is 23.8 Å². The van der Waals surface area contributed by atoms with Gasteiger partial charge in [0.25, 0.3) is 0 Å². The predicted octanol–water partition coefficient (Wildman–Crippen LogP) is 1.28. The molecule has 1 heterocycles. The smallest absolute Gasteiger partial charge is 0.337 e. The molecule has 2 fully saturated rings. The molecule has 158 valence electrons. The summed E-state index contributed by atoms with van der Waals surface area (Å²) in [6, 6.07) is 0. The quantitative estimate of drug-likeness (QED) is 0.231. The van der Waals surface area contributed by atoms with Gasteiger partial charge >= 0.3 is 17.9 Å². The highest BCUT2D eigenvalue weighted by molar-refractivity contribution is 5.90. The molecule has 8 heteroatoms. The van der Waals surface area contributed by atoms with E-state index < -0.39 is 59.1 Å². The molecule has 0 aromatic rings. The van der Waals surface area contributed by atoms with Gasteiger partial charge in [-0.25, -0.2) is 9.59 Å². The molecule has 0 aromatic carbocycles. The van der Waals surface area contributed by atoms with E-state index in [1.165, 1.54) is 26.8 Å². The first-order chi connectivity index (χ1) is 13.3. The summed E-state index contributed by atoms with van der Waals surface area (Å²) in [5.74, 6) is -4.22. The lowest BCUT2D eigenvalue weighted by Crippen LogP contribution is -2.67. The fourth-order valence-electron chi connectivity index (χ4n) is 4.05. The van der Waals surface area contributed by atoms with Crippen LogP contribution in [0.1, 0.15) is 27.7 Å². The van der Waals surface area contributed by atoms with Crippen LogP contribution in [0.5, 0.6) is 0 Å². The third-order valence-corrected chi connectivity index (χ3v) is 5.55. The lowest BCUT2D eigenvalue weighted by molar-refractivity contribution is -0.227. The Kier molecular flexibility index (Phi) is 5.90. The van der Waals surface area contributed by atoms with Crippen molar-refractivity contribution in [1.82, 2.24) is 0 Å². The summed E-state index contributed by atoms with van der Waals surface area (Å²) in [6.07, 6.45) is -1.25. The van der Waals surface area contributed by atoms with Crippen molar-refractivity contribution in [2.24, 2.45) is 17.3 Å². The van der Waals surface area contributed by atoms with Gasteiger partial charge in [0.05, 0.1) is 5.92 Å². The van der Waals surface area contributed by atoms with Crippen LogP contribution in [0.2, 0.25) is 0 Å². The number of carbonyl (C=O) groups is 4. The molecule has 0 aromatic heterocycles. The highest BCUT2D eigenvalue weighted by atomic mass is 16.6. The van der Waals surface area contributed by atoms with Gasteiger partial charge in [0.1, 0.15) is 18.5 Å². The van der Waals surface area contributed by atoms with Gasteiger partial charge in [-0.1, -0.05) is 26.2 Å². The fourth-order valence-corrected chi connectivity index (χ4v) is 4.05. The van der Waals surface area contributed by atoms with Crippen LogP contribution in [-0.4, -0.2) is 53.2 Å². The van der Waals surface area contributed by atoms with Crippen molar-refractivity contribution in [3.05, 3.63) is 37.0 Å². The number of ether oxygens (including phenoxy) is 3. The predicted molar refractivity (Wildman–Crippen MR) is 101 cm³/mol. The molecule has 0 unspecified atom stereocenters. The van der Waals surface area contributed by atoms with Gasteiger partial charge in [-0.3, -0.25) is 9.59 Å². The van der Waals surface area contributed by atoms with Gasteiger partial charge in [-0.15, -0.1) is 6.58 Å². The van der Waals surface area contributed by atoms with E-state index in [1.807, 2.05) is 0 Å². The van der Waals surface area contributed by atoms with Crippen LogP contribution < -0.4 is 0 Å². The molecule has 0 spiro atoms. The first-order valence-electron chi connectivity index (χ1n) is 9.07. The highest BCUT2D eigenvalue weighted by Crippen LogP contribution is 2.54. The van der Waals surface area contributed by atoms with Gasteiger partial charge in [-0.05, 0) is 19.4 Å². The molecule has 1 aliphatic heterocycles. The number of hydrogen-bond acceptors (Lipinski definition) is 8. The van der Waals surface area contributed by atoms with Crippen LogP contribution in [-0.2, 0) is 33.4 Å². The molecule has 2 rings (SSSR count). The van der Waals surface area contributed by atoms with Crippen LogP contribution in [0.4, 0.5) is 0 Å². The summed E-state index contributed by atoms with van der Waals surface area (Å²) in [7, 11) is 0. The summed E-state index contributed by atoms with van der Waals surface area (Å²) in [4.78, 5) is 48.3. The zero-order chi connectivity index (χ0) is 22.3. The van der Waals surface area contributed by atoms with Gasteiger partial charge in [0.2, 0.25) is 0 Å². The fraction of sp³-hybridized carbons (Fsp3) is 0.524. The molecule has 2 aliphatic rings. The number of hydrogen-bond donors (Lipinski definition) is 1. The molecular formula is C21H26O8. The van der Waals surface area contributed by atoms with Gasteiger partial charge in [-0.2, -0.15) is 0 Å². The standard InChI is InChI=1S/C21H26O8/c1-8-21(7)14(10(2)9-22)15(28-19(25)20(5,6)26)13-11(3)18(24)29-17(21)16(13)27-12(4)23/h8-9,13-17,26H,1-3H2,4-7H3/t13-,14-,15-,16-,17-,21+/m1/s1. The molecule has 6 atom stereocenters. The lowest BCUT2D eigenvalue weighted by Gasteiger charge is -2.56. The van der Waals surface area contributed by atoms with Crippen molar-refractivity contribution in [2.75, 3.05) is 0 Å². The average molecular weight is 406 g/mol. The molecule has 0 amide bonds. The minimum atomic E-state index is -1.85. The van der Waals surface area contributed by atoms with E-state index in [2.05, 4.69) is 19.7 Å². The molecule has 1 N–H and O–H groups in total. The Morgan fingerprint density at radius 2 is 1.86 bits per heavy atom. The summed E-state index contributed by atoms with van der Waals surface area (Å²) >= 11 is 0. The lowest BCUT2D eigenvalue weighted by atomic mass is 9.55. The van der Waals surface area contributed by atoms with E-state index >= 15 is 0 Å². The van der Waals surface area contributed by atoms with E-state index in [0.717, 1.165) is 0 Å². The van der Waals surface area contributed by atoms with Crippen molar-refractivity contribution in [3.8, 4) is 0 Å². The number of carbonyl (C=O) groups excluding carboxylic acids is 4. The highest BCUT2D eigenvalue weighted by Gasteiger charge is 2.65. The van der Waals surface area contributed by atoms with Crippen LogP contribution >= 0.6 is 0 Å². The minimum Gasteiger partial charge on any atom is -0.459 e. The Labute approximate surface area is 169 Å². The molecule has 1 saturated heterocycles. The molecule has 8 nitrogen and oxygen atoms in total. The maximum absolute atomic E-state index is 12.5. The van der Waals surface area contributed by atoms with Crippen LogP contribution in [0, 0.1) is 17.3 Å². The van der Waals surface area contributed by atoms with Gasteiger partial charge < -0.3 is 19.3 Å². The maximum Gasteiger partial charge on any atom is 0.337 e. The minimum absolute atomic E-state index is 0.0722. The van der Waals surface area contributed by atoms with E-state index in [-0.39, 0.29) is 11.1 Å². The molecule has 1 aliphatic carbocycles. The molecule has 1 saturated carbocycles. The molecular weight excluding hydrogens is 380 g/mol. The number of aliphatic hydroxyl groups is 1. The van der Waals surface area contributed by atoms with Crippen molar-refractivity contribution in [2.45, 2.75) is 51.6 Å². The summed E-state index contributed by atoms with van der Waals surface area (Å²) < 4.78 is 16.5. The van der Waals surface area contributed by atoms with Crippen molar-refractivity contribution in [1.29, 1.82) is 0 Å². The third kappa shape index (κ3) is 3.76. The maximum atomic E-state index is 12.5. The SMILES string of the molecule is C=C[C@]1(C)[C@@H]2OC(=O)C(=C)[C@@H]([C@H]2OC(C)=O)[C@@H](OC(=O)C(C)(C)O)[C@H]1C(=C)C=O. The first-order valence-corrected chi connectivity index (χ1v) is 9.07. The second-order valence-electron chi connectivity index (χ2n) is 8.12. The topological polar surface area (TPSA) is 116 Å².